The second kappa shape index (κ2) is 6.88. The molecule has 1 heterocycles. The van der Waals surface area contributed by atoms with Gasteiger partial charge in [0, 0.05) is 22.2 Å². The molecule has 5 heteroatoms. The van der Waals surface area contributed by atoms with E-state index in [0.29, 0.717) is 17.1 Å². The van der Waals surface area contributed by atoms with Crippen LogP contribution in [0, 0.1) is 0 Å². The molecule has 0 saturated carbocycles. The topological polar surface area (TPSA) is 20.9 Å². The summed E-state index contributed by atoms with van der Waals surface area (Å²) in [7, 11) is 0. The van der Waals surface area contributed by atoms with Gasteiger partial charge in [-0.15, -0.1) is 0 Å². The molecule has 0 fully saturated rings. The minimum Gasteiger partial charge on any atom is -1.00 e. The second-order valence-corrected chi connectivity index (χ2v) is 4.97. The molecular formula is C13H10BrCl2NO. The fourth-order valence-corrected chi connectivity index (χ4v) is 1.81. The van der Waals surface area contributed by atoms with E-state index in [4.69, 9.17) is 11.6 Å². The quantitative estimate of drug-likeness (QED) is 0.577. The predicted molar refractivity (Wildman–Crippen MR) is 70.1 cm³/mol. The monoisotopic (exact) mass is 345 g/mol. The Morgan fingerprint density at radius 2 is 1.67 bits per heavy atom. The molecule has 0 atom stereocenters. The van der Waals surface area contributed by atoms with Crippen LogP contribution in [0.1, 0.15) is 10.4 Å². The number of hydrogen-bond donors (Lipinski definition) is 0. The van der Waals surface area contributed by atoms with Gasteiger partial charge in [-0.25, -0.2) is 0 Å². The zero-order chi connectivity index (χ0) is 12.3. The van der Waals surface area contributed by atoms with Crippen molar-refractivity contribution < 1.29 is 21.8 Å². The molecule has 0 spiro atoms. The summed E-state index contributed by atoms with van der Waals surface area (Å²) in [6.07, 6.45) is 3.58. The number of benzene rings is 1. The summed E-state index contributed by atoms with van der Waals surface area (Å²) in [6.45, 7) is 0.318. The molecule has 0 bridgehead atoms. The molecule has 0 saturated heterocycles. The lowest BCUT2D eigenvalue weighted by molar-refractivity contribution is -0.683. The Hall–Kier alpha value is -0.900. The van der Waals surface area contributed by atoms with E-state index in [-0.39, 0.29) is 18.2 Å². The van der Waals surface area contributed by atoms with Gasteiger partial charge in [-0.3, -0.25) is 4.79 Å². The molecule has 1 aromatic carbocycles. The zero-order valence-electron chi connectivity index (χ0n) is 9.32. The van der Waals surface area contributed by atoms with E-state index in [2.05, 4.69) is 15.9 Å². The largest absolute Gasteiger partial charge is 1.00 e. The third-order valence-corrected chi connectivity index (χ3v) is 3.12. The molecule has 0 aliphatic rings. The predicted octanol–water partition coefficient (Wildman–Crippen LogP) is 0.277. The molecule has 0 radical (unpaired) electrons. The average molecular weight is 347 g/mol. The fourth-order valence-electron chi connectivity index (χ4n) is 1.44. The van der Waals surface area contributed by atoms with Gasteiger partial charge in [-0.05, 0) is 12.1 Å². The summed E-state index contributed by atoms with van der Waals surface area (Å²) >= 11 is 9.12. The number of halogens is 3. The first-order chi connectivity index (χ1) is 8.15. The third-order valence-electron chi connectivity index (χ3n) is 2.34. The number of Topliss-reactive ketones (excluding diaryl/α,β-unsaturated/α-hetero) is 1. The minimum atomic E-state index is 0. The summed E-state index contributed by atoms with van der Waals surface area (Å²) in [4.78, 5) is 11.9. The normalized spacial score (nSPS) is 9.67. The standard InChI is InChI=1S/C13H10BrClNO.ClH/c14-11-3-1-10(2-4-11)13(17)9-16-7-5-12(15)6-8-16;/h1-8H,9H2;1H/q+1;/p-1. The first kappa shape index (κ1) is 15.2. The summed E-state index contributed by atoms with van der Waals surface area (Å²) < 4.78 is 2.77. The van der Waals surface area contributed by atoms with Crippen LogP contribution in [0.15, 0.2) is 53.3 Å². The first-order valence-corrected chi connectivity index (χ1v) is 6.25. The Kier molecular flexibility index (Phi) is 5.79. The number of nitrogens with zero attached hydrogens (tertiary/aromatic N) is 1. The van der Waals surface area contributed by atoms with E-state index in [9.17, 15) is 4.79 Å². The van der Waals surface area contributed by atoms with Crippen LogP contribution in [0.3, 0.4) is 0 Å². The van der Waals surface area contributed by atoms with Crippen LogP contribution in [0.5, 0.6) is 0 Å². The van der Waals surface area contributed by atoms with Crippen LogP contribution >= 0.6 is 27.5 Å². The molecular weight excluding hydrogens is 337 g/mol. The smallest absolute Gasteiger partial charge is 0.227 e. The minimum absolute atomic E-state index is 0. The van der Waals surface area contributed by atoms with Crippen LogP contribution in [-0.2, 0) is 6.54 Å². The zero-order valence-corrected chi connectivity index (χ0v) is 12.4. The number of rotatable bonds is 3. The summed E-state index contributed by atoms with van der Waals surface area (Å²) in [5.74, 6) is 0.0739. The summed E-state index contributed by atoms with van der Waals surface area (Å²) in [5, 5.41) is 0.664. The lowest BCUT2D eigenvalue weighted by Crippen LogP contribution is -3.00. The van der Waals surface area contributed by atoms with Gasteiger partial charge in [-0.2, -0.15) is 4.57 Å². The van der Waals surface area contributed by atoms with Crippen LogP contribution in [-0.4, -0.2) is 5.78 Å². The lowest BCUT2D eigenvalue weighted by atomic mass is 10.1. The van der Waals surface area contributed by atoms with Crippen molar-refractivity contribution in [2.24, 2.45) is 0 Å². The van der Waals surface area contributed by atoms with Crippen LogP contribution in [0.25, 0.3) is 0 Å². The highest BCUT2D eigenvalue weighted by Gasteiger charge is 2.11. The van der Waals surface area contributed by atoms with E-state index in [1.807, 2.05) is 24.3 Å². The van der Waals surface area contributed by atoms with E-state index in [0.717, 1.165) is 4.47 Å². The highest BCUT2D eigenvalue weighted by molar-refractivity contribution is 9.10. The highest BCUT2D eigenvalue weighted by Crippen LogP contribution is 2.11. The molecule has 2 nitrogen and oxygen atoms in total. The van der Waals surface area contributed by atoms with Gasteiger partial charge in [0.1, 0.15) is 0 Å². The van der Waals surface area contributed by atoms with Crippen LogP contribution < -0.4 is 17.0 Å². The van der Waals surface area contributed by atoms with Crippen molar-refractivity contribution in [2.45, 2.75) is 6.54 Å². The molecule has 0 N–H and O–H groups in total. The fraction of sp³-hybridized carbons (Fsp3) is 0.0769. The molecule has 0 aliphatic carbocycles. The van der Waals surface area contributed by atoms with Crippen molar-refractivity contribution in [1.82, 2.24) is 0 Å². The van der Waals surface area contributed by atoms with Crippen molar-refractivity contribution in [2.75, 3.05) is 0 Å². The molecule has 2 aromatic rings. The molecule has 2 rings (SSSR count). The number of hydrogen-bond acceptors (Lipinski definition) is 1. The Morgan fingerprint density at radius 1 is 1.11 bits per heavy atom. The highest BCUT2D eigenvalue weighted by atomic mass is 79.9. The van der Waals surface area contributed by atoms with E-state index in [1.165, 1.54) is 0 Å². The van der Waals surface area contributed by atoms with Gasteiger partial charge in [0.15, 0.2) is 12.4 Å². The van der Waals surface area contributed by atoms with Gasteiger partial charge >= 0.3 is 0 Å². The average Bonchev–Trinajstić information content (AvgIpc) is 2.33. The van der Waals surface area contributed by atoms with E-state index < -0.39 is 0 Å². The summed E-state index contributed by atoms with van der Waals surface area (Å²) in [5.41, 5.74) is 0.704. The third kappa shape index (κ3) is 4.09. The first-order valence-electron chi connectivity index (χ1n) is 5.08. The maximum absolute atomic E-state index is 11.9. The molecule has 94 valence electrons. The van der Waals surface area contributed by atoms with Crippen molar-refractivity contribution in [3.63, 3.8) is 0 Å². The number of carbonyl (C=O) groups is 1. The van der Waals surface area contributed by atoms with Gasteiger partial charge in [0.2, 0.25) is 12.3 Å². The van der Waals surface area contributed by atoms with Crippen molar-refractivity contribution in [3.8, 4) is 0 Å². The van der Waals surface area contributed by atoms with Gasteiger partial charge in [0.05, 0.1) is 5.02 Å². The molecule has 0 unspecified atom stereocenters. The maximum atomic E-state index is 11.9. The van der Waals surface area contributed by atoms with E-state index in [1.54, 1.807) is 29.1 Å². The molecule has 0 amide bonds. The number of aromatic nitrogens is 1. The van der Waals surface area contributed by atoms with Crippen molar-refractivity contribution >= 4 is 33.3 Å². The molecule has 18 heavy (non-hydrogen) atoms. The SMILES string of the molecule is O=C(C[n+]1ccc(Cl)cc1)c1ccc(Br)cc1.[Cl-]. The van der Waals surface area contributed by atoms with Gasteiger partial charge in [-0.1, -0.05) is 39.7 Å². The summed E-state index contributed by atoms with van der Waals surface area (Å²) in [6, 6.07) is 10.9. The van der Waals surface area contributed by atoms with Crippen LogP contribution in [0.2, 0.25) is 5.02 Å². The number of pyridine rings is 1. The lowest BCUT2D eigenvalue weighted by Gasteiger charge is -1.98. The maximum Gasteiger partial charge on any atom is 0.227 e. The Bertz CT molecular complexity index is 526. The van der Waals surface area contributed by atoms with Gasteiger partial charge < -0.3 is 12.4 Å². The van der Waals surface area contributed by atoms with Crippen molar-refractivity contribution in [1.29, 1.82) is 0 Å². The Labute approximate surface area is 125 Å². The molecule has 1 aromatic heterocycles. The Morgan fingerprint density at radius 3 is 2.22 bits per heavy atom. The molecule has 0 aliphatic heterocycles. The number of carbonyl (C=O) groups excluding carboxylic acids is 1. The Balaban J connectivity index is 0.00000162. The van der Waals surface area contributed by atoms with Gasteiger partial charge in [0.25, 0.3) is 0 Å². The second-order valence-electron chi connectivity index (χ2n) is 3.62. The van der Waals surface area contributed by atoms with Crippen LogP contribution in [0.4, 0.5) is 0 Å². The van der Waals surface area contributed by atoms with Crippen molar-refractivity contribution in [3.05, 3.63) is 63.9 Å². The number of ketones is 1. The van der Waals surface area contributed by atoms with E-state index >= 15 is 0 Å².